The molecule has 2 N–H and O–H groups in total. The van der Waals surface area contributed by atoms with Crippen LogP contribution in [0.3, 0.4) is 0 Å². The molecule has 0 atom stereocenters. The quantitative estimate of drug-likeness (QED) is 0.903. The second-order valence-corrected chi connectivity index (χ2v) is 5.84. The van der Waals surface area contributed by atoms with E-state index in [2.05, 4.69) is 0 Å². The smallest absolute Gasteiger partial charge is 0.202 e. The molecule has 1 aromatic carbocycles. The number of fused-ring (bicyclic) bond motifs is 1. The normalized spacial score (nSPS) is 17.0. The molecule has 16 heavy (non-hydrogen) atoms. The topological polar surface area (TPSA) is 60.2 Å². The summed E-state index contributed by atoms with van der Waals surface area (Å²) in [6, 6.07) is 5.14. The summed E-state index contributed by atoms with van der Waals surface area (Å²) in [5.74, 6) is 0. The molecule has 0 saturated heterocycles. The molecule has 0 spiro atoms. The van der Waals surface area contributed by atoms with Crippen molar-refractivity contribution in [1.82, 2.24) is 0 Å². The first-order valence-corrected chi connectivity index (χ1v) is 6.93. The maximum absolute atomic E-state index is 11.9. The van der Waals surface area contributed by atoms with E-state index in [9.17, 15) is 8.42 Å². The van der Waals surface area contributed by atoms with E-state index in [4.69, 9.17) is 17.3 Å². The number of hydrogen-bond acceptors (Lipinski definition) is 3. The fraction of sp³-hybridized carbons (Fsp3) is 0.273. The lowest BCUT2D eigenvalue weighted by Crippen LogP contribution is -1.98. The van der Waals surface area contributed by atoms with Crippen molar-refractivity contribution in [1.29, 1.82) is 0 Å². The zero-order valence-corrected chi connectivity index (χ0v) is 10.2. The predicted molar refractivity (Wildman–Crippen MR) is 64.9 cm³/mol. The van der Waals surface area contributed by atoms with Gasteiger partial charge in [0.05, 0.1) is 9.92 Å². The van der Waals surface area contributed by atoms with Crippen LogP contribution in [0.15, 0.2) is 28.5 Å². The van der Waals surface area contributed by atoms with Crippen LogP contribution >= 0.6 is 11.6 Å². The van der Waals surface area contributed by atoms with Gasteiger partial charge in [0.25, 0.3) is 0 Å². The van der Waals surface area contributed by atoms with Crippen LogP contribution in [0.2, 0.25) is 5.02 Å². The summed E-state index contributed by atoms with van der Waals surface area (Å²) in [5, 5.41) is 1.59. The summed E-state index contributed by atoms with van der Waals surface area (Å²) in [6.07, 6.45) is 1.44. The van der Waals surface area contributed by atoms with Gasteiger partial charge in [0, 0.05) is 5.41 Å². The molecule has 0 aliphatic carbocycles. The Labute approximate surface area is 99.8 Å². The lowest BCUT2D eigenvalue weighted by atomic mass is 10.0. The van der Waals surface area contributed by atoms with E-state index in [0.29, 0.717) is 13.0 Å². The van der Waals surface area contributed by atoms with Crippen LogP contribution in [0.25, 0.3) is 5.57 Å². The number of hydrogen-bond donors (Lipinski definition) is 1. The number of sulfone groups is 1. The molecular weight excluding hydrogens is 246 g/mol. The minimum atomic E-state index is -3.35. The van der Waals surface area contributed by atoms with Gasteiger partial charge in [-0.1, -0.05) is 23.7 Å². The van der Waals surface area contributed by atoms with E-state index in [-0.39, 0.29) is 9.92 Å². The Hall–Kier alpha value is -0.840. The second-order valence-electron chi connectivity index (χ2n) is 3.70. The largest absolute Gasteiger partial charge is 0.330 e. The third-order valence-corrected chi connectivity index (χ3v) is 4.58. The molecule has 0 amide bonds. The molecule has 1 heterocycles. The fourth-order valence-electron chi connectivity index (χ4n) is 1.85. The minimum Gasteiger partial charge on any atom is -0.330 e. The lowest BCUT2D eigenvalue weighted by Gasteiger charge is -2.04. The van der Waals surface area contributed by atoms with Gasteiger partial charge in [-0.2, -0.15) is 0 Å². The third-order valence-electron chi connectivity index (χ3n) is 2.55. The zero-order chi connectivity index (χ0) is 11.8. The number of nitrogens with two attached hydrogens (primary N) is 1. The van der Waals surface area contributed by atoms with Crippen molar-refractivity contribution in [2.24, 2.45) is 5.73 Å². The van der Waals surface area contributed by atoms with E-state index < -0.39 is 9.84 Å². The highest BCUT2D eigenvalue weighted by Crippen LogP contribution is 2.39. The van der Waals surface area contributed by atoms with Crippen LogP contribution in [0.4, 0.5) is 0 Å². The maximum atomic E-state index is 11.9. The Morgan fingerprint density at radius 3 is 2.75 bits per heavy atom. The predicted octanol–water partition coefficient (Wildman–Crippen LogP) is 2.21. The molecule has 5 heteroatoms. The molecule has 3 nitrogen and oxygen atoms in total. The van der Waals surface area contributed by atoms with E-state index >= 15 is 0 Å². The molecule has 1 aliphatic rings. The van der Waals surface area contributed by atoms with Gasteiger partial charge in [0.15, 0.2) is 0 Å². The van der Waals surface area contributed by atoms with E-state index in [1.165, 1.54) is 5.41 Å². The first kappa shape index (κ1) is 11.6. The van der Waals surface area contributed by atoms with Crippen LogP contribution in [0, 0.1) is 0 Å². The molecule has 2 rings (SSSR count). The molecule has 0 fully saturated rings. The van der Waals surface area contributed by atoms with Gasteiger partial charge in [0.2, 0.25) is 9.84 Å². The van der Waals surface area contributed by atoms with Crippen LogP contribution < -0.4 is 5.73 Å². The molecule has 0 radical (unpaired) electrons. The van der Waals surface area contributed by atoms with Gasteiger partial charge in [-0.15, -0.1) is 0 Å². The summed E-state index contributed by atoms with van der Waals surface area (Å²) < 4.78 is 23.7. The number of allylic oxidation sites excluding steroid dienone is 1. The van der Waals surface area contributed by atoms with Gasteiger partial charge in [-0.05, 0) is 36.6 Å². The monoisotopic (exact) mass is 257 g/mol. The van der Waals surface area contributed by atoms with Gasteiger partial charge in [0.1, 0.15) is 0 Å². The van der Waals surface area contributed by atoms with Crippen LogP contribution in [-0.2, 0) is 9.84 Å². The summed E-state index contributed by atoms with van der Waals surface area (Å²) in [5.41, 5.74) is 6.95. The first-order valence-electron chi connectivity index (χ1n) is 5.01. The molecule has 0 aromatic heterocycles. The van der Waals surface area contributed by atoms with Crippen molar-refractivity contribution in [3.05, 3.63) is 34.2 Å². The highest BCUT2D eigenvalue weighted by atomic mass is 35.5. The van der Waals surface area contributed by atoms with Crippen LogP contribution in [-0.4, -0.2) is 15.0 Å². The SMILES string of the molecule is NCCCC1=CS(=O)(=O)c2c(Cl)cccc21. The molecule has 0 unspecified atom stereocenters. The first-order chi connectivity index (χ1) is 7.56. The summed E-state index contributed by atoms with van der Waals surface area (Å²) in [6.45, 7) is 0.549. The van der Waals surface area contributed by atoms with Crippen molar-refractivity contribution in [2.75, 3.05) is 6.54 Å². The number of benzene rings is 1. The van der Waals surface area contributed by atoms with Gasteiger partial charge >= 0.3 is 0 Å². The third kappa shape index (κ3) is 1.88. The Kier molecular flexibility index (Phi) is 3.06. The Balaban J connectivity index is 2.52. The lowest BCUT2D eigenvalue weighted by molar-refractivity contribution is 0.605. The number of rotatable bonds is 3. The summed E-state index contributed by atoms with van der Waals surface area (Å²) in [4.78, 5) is 0.240. The maximum Gasteiger partial charge on any atom is 0.202 e. The Bertz CT molecular complexity index is 549. The van der Waals surface area contributed by atoms with Gasteiger partial charge < -0.3 is 5.73 Å². The minimum absolute atomic E-state index is 0.240. The summed E-state index contributed by atoms with van der Waals surface area (Å²) in [7, 11) is -3.35. The molecule has 0 saturated carbocycles. The second kappa shape index (κ2) is 4.20. The highest BCUT2D eigenvalue weighted by molar-refractivity contribution is 7.95. The van der Waals surface area contributed by atoms with Crippen molar-refractivity contribution < 1.29 is 8.42 Å². The zero-order valence-electron chi connectivity index (χ0n) is 8.61. The van der Waals surface area contributed by atoms with Crippen LogP contribution in [0.5, 0.6) is 0 Å². The summed E-state index contributed by atoms with van der Waals surface area (Å²) >= 11 is 5.92. The standard InChI is InChI=1S/C11H12ClNO2S/c12-10-5-1-4-9-8(3-2-6-13)7-16(14,15)11(9)10/h1,4-5,7H,2-3,6,13H2. The Morgan fingerprint density at radius 2 is 2.06 bits per heavy atom. The highest BCUT2D eigenvalue weighted by Gasteiger charge is 2.28. The van der Waals surface area contributed by atoms with Gasteiger partial charge in [-0.3, -0.25) is 0 Å². The van der Waals surface area contributed by atoms with E-state index in [0.717, 1.165) is 17.6 Å². The van der Waals surface area contributed by atoms with Crippen molar-refractivity contribution in [2.45, 2.75) is 17.7 Å². The van der Waals surface area contributed by atoms with Crippen molar-refractivity contribution in [3.8, 4) is 0 Å². The fourth-order valence-corrected chi connectivity index (χ4v) is 3.93. The van der Waals surface area contributed by atoms with E-state index in [1.807, 2.05) is 0 Å². The van der Waals surface area contributed by atoms with Crippen molar-refractivity contribution in [3.63, 3.8) is 0 Å². The average Bonchev–Trinajstić information content (AvgIpc) is 2.49. The van der Waals surface area contributed by atoms with Gasteiger partial charge in [-0.25, -0.2) is 8.42 Å². The number of halogens is 1. The molecule has 0 bridgehead atoms. The van der Waals surface area contributed by atoms with E-state index in [1.54, 1.807) is 18.2 Å². The molecule has 86 valence electrons. The molecule has 1 aromatic rings. The Morgan fingerprint density at radius 1 is 1.31 bits per heavy atom. The van der Waals surface area contributed by atoms with Crippen LogP contribution in [0.1, 0.15) is 18.4 Å². The molecular formula is C11H12ClNO2S. The average molecular weight is 258 g/mol. The van der Waals surface area contributed by atoms with Crippen molar-refractivity contribution >= 4 is 27.0 Å². The molecule has 1 aliphatic heterocycles.